The molecule has 0 aliphatic carbocycles. The highest BCUT2D eigenvalue weighted by Crippen LogP contribution is 2.38. The molecular formula is C18H20N4O3. The van der Waals surface area contributed by atoms with Crippen LogP contribution in [-0.2, 0) is 11.8 Å². The van der Waals surface area contributed by atoms with Gasteiger partial charge in [0.2, 0.25) is 5.91 Å². The van der Waals surface area contributed by atoms with Crippen LogP contribution in [0.1, 0.15) is 23.2 Å². The molecule has 1 aromatic carbocycles. The number of likely N-dealkylation sites (tertiary alicyclic amines) is 1. The minimum Gasteiger partial charge on any atom is -0.485 e. The molecule has 1 N–H and O–H groups in total. The Morgan fingerprint density at radius 1 is 1.36 bits per heavy atom. The zero-order valence-corrected chi connectivity index (χ0v) is 14.1. The number of ether oxygens (including phenoxy) is 1. The van der Waals surface area contributed by atoms with Crippen molar-refractivity contribution in [2.45, 2.75) is 18.4 Å². The van der Waals surface area contributed by atoms with Gasteiger partial charge in [-0.2, -0.15) is 5.10 Å². The van der Waals surface area contributed by atoms with Crippen LogP contribution in [0, 0.1) is 0 Å². The van der Waals surface area contributed by atoms with Gasteiger partial charge in [-0.3, -0.25) is 19.2 Å². The topological polar surface area (TPSA) is 76.5 Å². The van der Waals surface area contributed by atoms with E-state index in [1.807, 2.05) is 23.1 Å². The second kappa shape index (κ2) is 6.00. The van der Waals surface area contributed by atoms with Crippen LogP contribution >= 0.6 is 0 Å². The molecule has 0 bridgehead atoms. The Balaban J connectivity index is 1.40. The van der Waals surface area contributed by atoms with Crippen molar-refractivity contribution in [3.8, 4) is 5.75 Å². The van der Waals surface area contributed by atoms with Crippen LogP contribution in [0.15, 0.2) is 36.5 Å². The molecule has 7 nitrogen and oxygen atoms in total. The monoisotopic (exact) mass is 340 g/mol. The smallest absolute Gasteiger partial charge is 0.239 e. The number of amides is 1. The van der Waals surface area contributed by atoms with E-state index in [0.717, 1.165) is 13.0 Å². The predicted octanol–water partition coefficient (Wildman–Crippen LogP) is 1.47. The van der Waals surface area contributed by atoms with Gasteiger partial charge in [0.05, 0.1) is 18.5 Å². The molecule has 2 aromatic rings. The first kappa shape index (κ1) is 15.8. The zero-order valence-electron chi connectivity index (χ0n) is 14.1. The van der Waals surface area contributed by atoms with Crippen molar-refractivity contribution in [3.05, 3.63) is 42.1 Å². The average molecular weight is 340 g/mol. The second-order valence-corrected chi connectivity index (χ2v) is 6.76. The predicted molar refractivity (Wildman–Crippen MR) is 91.6 cm³/mol. The number of Topliss-reactive ketones (excluding diaryl/α,β-unsaturated/α-hetero) is 1. The average Bonchev–Trinajstić information content (AvgIpc) is 3.14. The standard InChI is InChI=1S/C18H20N4O3/c1-21-8-6-16(20-21)19-17(24)11-22-9-7-18(12-22)10-14(23)13-4-2-3-5-15(13)25-18/h2-6,8H,7,9-12H2,1H3,(H,19,20,24). The number of hydrogen-bond acceptors (Lipinski definition) is 5. The molecule has 4 rings (SSSR count). The fraction of sp³-hybridized carbons (Fsp3) is 0.389. The van der Waals surface area contributed by atoms with Gasteiger partial charge in [-0.05, 0) is 12.1 Å². The summed E-state index contributed by atoms with van der Waals surface area (Å²) in [6.45, 7) is 1.56. The molecule has 0 saturated carbocycles. The lowest BCUT2D eigenvalue weighted by Crippen LogP contribution is -2.45. The first-order valence-electron chi connectivity index (χ1n) is 8.36. The van der Waals surface area contributed by atoms with Crippen molar-refractivity contribution >= 4 is 17.5 Å². The highest BCUT2D eigenvalue weighted by Gasteiger charge is 2.45. The molecule has 1 aromatic heterocycles. The molecule has 1 fully saturated rings. The highest BCUT2D eigenvalue weighted by molar-refractivity contribution is 6.00. The van der Waals surface area contributed by atoms with Gasteiger partial charge in [-0.15, -0.1) is 0 Å². The number of carbonyl (C=O) groups excluding carboxylic acids is 2. The van der Waals surface area contributed by atoms with Gasteiger partial charge < -0.3 is 10.1 Å². The second-order valence-electron chi connectivity index (χ2n) is 6.76. The Labute approximate surface area is 145 Å². The summed E-state index contributed by atoms with van der Waals surface area (Å²) in [5.41, 5.74) is 0.135. The van der Waals surface area contributed by atoms with E-state index < -0.39 is 5.60 Å². The first-order valence-corrected chi connectivity index (χ1v) is 8.36. The van der Waals surface area contributed by atoms with Crippen LogP contribution in [0.5, 0.6) is 5.75 Å². The number of anilines is 1. The summed E-state index contributed by atoms with van der Waals surface area (Å²) in [6.07, 6.45) is 2.88. The number of rotatable bonds is 3. The van der Waals surface area contributed by atoms with Crippen LogP contribution in [0.25, 0.3) is 0 Å². The maximum atomic E-state index is 12.4. The fourth-order valence-corrected chi connectivity index (χ4v) is 3.60. The van der Waals surface area contributed by atoms with Crippen molar-refractivity contribution in [1.29, 1.82) is 0 Å². The number of aryl methyl sites for hydroxylation is 1. The normalized spacial score (nSPS) is 22.7. The summed E-state index contributed by atoms with van der Waals surface area (Å²) >= 11 is 0. The van der Waals surface area contributed by atoms with E-state index in [-0.39, 0.29) is 18.2 Å². The van der Waals surface area contributed by atoms with E-state index in [1.165, 1.54) is 0 Å². The summed E-state index contributed by atoms with van der Waals surface area (Å²) < 4.78 is 7.81. The SMILES string of the molecule is Cn1ccc(NC(=O)CN2CCC3(CC(=O)c4ccccc4O3)C2)n1. The number of benzene rings is 1. The van der Waals surface area contributed by atoms with Crippen LogP contribution in [0.3, 0.4) is 0 Å². The van der Waals surface area contributed by atoms with Crippen LogP contribution < -0.4 is 10.1 Å². The van der Waals surface area contributed by atoms with Crippen molar-refractivity contribution in [2.24, 2.45) is 7.05 Å². The largest absolute Gasteiger partial charge is 0.485 e. The van der Waals surface area contributed by atoms with Gasteiger partial charge in [0, 0.05) is 38.8 Å². The number of aromatic nitrogens is 2. The molecular weight excluding hydrogens is 320 g/mol. The summed E-state index contributed by atoms with van der Waals surface area (Å²) in [6, 6.07) is 9.12. The number of para-hydroxylation sites is 1. The summed E-state index contributed by atoms with van der Waals surface area (Å²) in [7, 11) is 1.80. The van der Waals surface area contributed by atoms with E-state index in [4.69, 9.17) is 4.74 Å². The summed E-state index contributed by atoms with van der Waals surface area (Å²) in [5.74, 6) is 1.19. The third-order valence-corrected chi connectivity index (χ3v) is 4.74. The molecule has 2 aliphatic rings. The lowest BCUT2D eigenvalue weighted by atomic mass is 9.89. The van der Waals surface area contributed by atoms with Gasteiger partial charge in [0.25, 0.3) is 0 Å². The quantitative estimate of drug-likeness (QED) is 0.916. The molecule has 0 radical (unpaired) electrons. The van der Waals surface area contributed by atoms with Crippen molar-refractivity contribution < 1.29 is 14.3 Å². The van der Waals surface area contributed by atoms with Crippen LogP contribution in [-0.4, -0.2) is 51.6 Å². The van der Waals surface area contributed by atoms with E-state index in [1.54, 1.807) is 30.1 Å². The Bertz CT molecular complexity index is 831. The molecule has 7 heteroatoms. The molecule has 3 heterocycles. The van der Waals surface area contributed by atoms with E-state index in [2.05, 4.69) is 10.4 Å². The fourth-order valence-electron chi connectivity index (χ4n) is 3.60. The summed E-state index contributed by atoms with van der Waals surface area (Å²) in [5, 5.41) is 6.93. The summed E-state index contributed by atoms with van der Waals surface area (Å²) in [4.78, 5) is 26.7. The van der Waals surface area contributed by atoms with Gasteiger partial charge in [0.1, 0.15) is 11.4 Å². The van der Waals surface area contributed by atoms with Crippen molar-refractivity contribution in [1.82, 2.24) is 14.7 Å². The van der Waals surface area contributed by atoms with Crippen LogP contribution in [0.2, 0.25) is 0 Å². The third kappa shape index (κ3) is 3.15. The molecule has 1 saturated heterocycles. The van der Waals surface area contributed by atoms with Crippen molar-refractivity contribution in [3.63, 3.8) is 0 Å². The zero-order chi connectivity index (χ0) is 17.4. The van der Waals surface area contributed by atoms with Gasteiger partial charge in [0.15, 0.2) is 11.6 Å². The number of carbonyl (C=O) groups is 2. The third-order valence-electron chi connectivity index (χ3n) is 4.74. The highest BCUT2D eigenvalue weighted by atomic mass is 16.5. The maximum Gasteiger partial charge on any atom is 0.239 e. The number of nitrogens with zero attached hydrogens (tertiary/aromatic N) is 3. The number of hydrogen-bond donors (Lipinski definition) is 1. The number of ketones is 1. The molecule has 2 aliphatic heterocycles. The van der Waals surface area contributed by atoms with Gasteiger partial charge >= 0.3 is 0 Å². The van der Waals surface area contributed by atoms with E-state index in [0.29, 0.717) is 30.1 Å². The molecule has 1 spiro atoms. The number of fused-ring (bicyclic) bond motifs is 1. The lowest BCUT2D eigenvalue weighted by molar-refractivity contribution is -0.117. The Morgan fingerprint density at radius 3 is 3.00 bits per heavy atom. The molecule has 1 unspecified atom stereocenters. The van der Waals surface area contributed by atoms with E-state index in [9.17, 15) is 9.59 Å². The Kier molecular flexibility index (Phi) is 3.80. The van der Waals surface area contributed by atoms with Gasteiger partial charge in [-0.1, -0.05) is 12.1 Å². The lowest BCUT2D eigenvalue weighted by Gasteiger charge is -2.34. The molecule has 1 atom stereocenters. The minimum absolute atomic E-state index is 0.113. The van der Waals surface area contributed by atoms with Gasteiger partial charge in [-0.25, -0.2) is 0 Å². The molecule has 25 heavy (non-hydrogen) atoms. The maximum absolute atomic E-state index is 12.4. The van der Waals surface area contributed by atoms with E-state index >= 15 is 0 Å². The van der Waals surface area contributed by atoms with Crippen LogP contribution in [0.4, 0.5) is 5.82 Å². The Hall–Kier alpha value is -2.67. The number of nitrogens with one attached hydrogen (secondary N) is 1. The van der Waals surface area contributed by atoms with Crippen molar-refractivity contribution in [2.75, 3.05) is 25.0 Å². The minimum atomic E-state index is -0.517. The molecule has 1 amide bonds. The molecule has 130 valence electrons. The first-order chi connectivity index (χ1) is 12.0. The Morgan fingerprint density at radius 2 is 2.20 bits per heavy atom.